The predicted molar refractivity (Wildman–Crippen MR) is 84.3 cm³/mol. The third kappa shape index (κ3) is 4.28. The molecule has 5 nitrogen and oxygen atoms in total. The molecule has 0 spiro atoms. The number of hydrogen-bond donors (Lipinski definition) is 2. The fourth-order valence-corrected chi connectivity index (χ4v) is 2.75. The first kappa shape index (κ1) is 16.0. The molecule has 1 aliphatic heterocycles. The van der Waals surface area contributed by atoms with E-state index in [9.17, 15) is 9.59 Å². The Balaban J connectivity index is 2.03. The molecule has 1 amide bonds. The fraction of sp³-hybridized carbons (Fsp3) is 0.467. The highest BCUT2D eigenvalue weighted by Crippen LogP contribution is 2.25. The number of anilines is 1. The molecule has 1 aromatic carbocycles. The Morgan fingerprint density at radius 3 is 2.71 bits per heavy atom. The fourth-order valence-electron chi connectivity index (χ4n) is 2.28. The number of nitrogens with one attached hydrogen (secondary N) is 2. The van der Waals surface area contributed by atoms with E-state index >= 15 is 0 Å². The summed E-state index contributed by atoms with van der Waals surface area (Å²) < 4.78 is 5.62. The van der Waals surface area contributed by atoms with Gasteiger partial charge in [-0.25, -0.2) is 4.79 Å². The van der Waals surface area contributed by atoms with Gasteiger partial charge in [-0.3, -0.25) is 4.79 Å². The van der Waals surface area contributed by atoms with E-state index in [1.165, 1.54) is 0 Å². The number of piperidine rings is 1. The van der Waals surface area contributed by atoms with Crippen LogP contribution in [0.1, 0.15) is 30.1 Å². The molecule has 1 saturated heterocycles. The van der Waals surface area contributed by atoms with Gasteiger partial charge in [0.15, 0.2) is 0 Å². The number of rotatable bonds is 4. The summed E-state index contributed by atoms with van der Waals surface area (Å²) in [4.78, 5) is 23.8. The van der Waals surface area contributed by atoms with Crippen LogP contribution in [0.3, 0.4) is 0 Å². The molecule has 21 heavy (non-hydrogen) atoms. The molecule has 1 aliphatic rings. The van der Waals surface area contributed by atoms with Crippen LogP contribution in [-0.4, -0.2) is 31.6 Å². The highest BCUT2D eigenvalue weighted by atomic mass is 79.9. The topological polar surface area (TPSA) is 67.4 Å². The average Bonchev–Trinajstić information content (AvgIpc) is 2.50. The van der Waals surface area contributed by atoms with Crippen molar-refractivity contribution >= 4 is 33.5 Å². The minimum absolute atomic E-state index is 0.0288. The number of halogens is 1. The summed E-state index contributed by atoms with van der Waals surface area (Å²) in [7, 11) is 0. The second kappa shape index (κ2) is 7.56. The molecule has 114 valence electrons. The van der Waals surface area contributed by atoms with Crippen LogP contribution < -0.4 is 10.6 Å². The number of amides is 1. The van der Waals surface area contributed by atoms with Crippen LogP contribution in [0.4, 0.5) is 5.69 Å². The Kier molecular flexibility index (Phi) is 5.76. The summed E-state index contributed by atoms with van der Waals surface area (Å²) in [6.45, 7) is 3.85. The lowest BCUT2D eigenvalue weighted by atomic mass is 9.97. The summed E-state index contributed by atoms with van der Waals surface area (Å²) in [6.07, 6.45) is 1.70. The molecule has 0 bridgehead atoms. The van der Waals surface area contributed by atoms with E-state index in [0.717, 1.165) is 25.9 Å². The predicted octanol–water partition coefficient (Wildman–Crippen LogP) is 2.56. The van der Waals surface area contributed by atoms with E-state index < -0.39 is 0 Å². The van der Waals surface area contributed by atoms with Crippen molar-refractivity contribution in [3.05, 3.63) is 28.2 Å². The summed E-state index contributed by atoms with van der Waals surface area (Å²) in [6, 6.07) is 5.03. The van der Waals surface area contributed by atoms with Gasteiger partial charge in [0.1, 0.15) is 0 Å². The lowest BCUT2D eigenvalue weighted by Crippen LogP contribution is -2.34. The Bertz CT molecular complexity index is 528. The Morgan fingerprint density at radius 2 is 2.10 bits per heavy atom. The van der Waals surface area contributed by atoms with E-state index in [-0.39, 0.29) is 17.8 Å². The first-order valence-electron chi connectivity index (χ1n) is 7.10. The SMILES string of the molecule is CCOC(=O)c1ccc(NC(=O)C2CCNCC2)c(Br)c1. The van der Waals surface area contributed by atoms with Crippen LogP contribution in [0, 0.1) is 5.92 Å². The maximum atomic E-state index is 12.2. The molecule has 0 unspecified atom stereocenters. The molecule has 2 rings (SSSR count). The van der Waals surface area contributed by atoms with Crippen molar-refractivity contribution in [1.82, 2.24) is 5.32 Å². The Hall–Kier alpha value is -1.40. The molecule has 0 atom stereocenters. The smallest absolute Gasteiger partial charge is 0.338 e. The van der Waals surface area contributed by atoms with Gasteiger partial charge in [-0.2, -0.15) is 0 Å². The quantitative estimate of drug-likeness (QED) is 0.815. The lowest BCUT2D eigenvalue weighted by molar-refractivity contribution is -0.120. The molecule has 0 radical (unpaired) electrons. The number of benzene rings is 1. The normalized spacial score (nSPS) is 15.5. The van der Waals surface area contributed by atoms with Gasteiger partial charge in [0.05, 0.1) is 17.9 Å². The number of ether oxygens (including phenoxy) is 1. The summed E-state index contributed by atoms with van der Waals surface area (Å²) in [5.41, 5.74) is 1.13. The van der Waals surface area contributed by atoms with Crippen LogP contribution in [0.5, 0.6) is 0 Å². The summed E-state index contributed by atoms with van der Waals surface area (Å²) in [5.74, 6) is -0.293. The maximum Gasteiger partial charge on any atom is 0.338 e. The van der Waals surface area contributed by atoms with Gasteiger partial charge in [0.2, 0.25) is 5.91 Å². The van der Waals surface area contributed by atoms with Gasteiger partial charge in [-0.1, -0.05) is 0 Å². The van der Waals surface area contributed by atoms with Gasteiger partial charge < -0.3 is 15.4 Å². The zero-order valence-corrected chi connectivity index (χ0v) is 13.5. The van der Waals surface area contributed by atoms with Crippen LogP contribution in [0.15, 0.2) is 22.7 Å². The number of carbonyl (C=O) groups is 2. The molecule has 1 heterocycles. The monoisotopic (exact) mass is 354 g/mol. The van der Waals surface area contributed by atoms with E-state index in [0.29, 0.717) is 22.3 Å². The largest absolute Gasteiger partial charge is 0.462 e. The number of carbonyl (C=O) groups excluding carboxylic acids is 2. The van der Waals surface area contributed by atoms with Crippen LogP contribution >= 0.6 is 15.9 Å². The Morgan fingerprint density at radius 1 is 1.38 bits per heavy atom. The molecule has 0 aromatic heterocycles. The van der Waals surface area contributed by atoms with Crippen molar-refractivity contribution in [2.75, 3.05) is 25.0 Å². The van der Waals surface area contributed by atoms with Crippen molar-refractivity contribution in [1.29, 1.82) is 0 Å². The van der Waals surface area contributed by atoms with Crippen LogP contribution in [0.25, 0.3) is 0 Å². The summed E-state index contributed by atoms with van der Waals surface area (Å²) >= 11 is 3.38. The van der Waals surface area contributed by atoms with Gasteiger partial charge in [-0.15, -0.1) is 0 Å². The number of esters is 1. The van der Waals surface area contributed by atoms with Crippen molar-refractivity contribution in [2.24, 2.45) is 5.92 Å². The molecule has 2 N–H and O–H groups in total. The zero-order valence-electron chi connectivity index (χ0n) is 11.9. The minimum atomic E-state index is -0.366. The van der Waals surface area contributed by atoms with Crippen molar-refractivity contribution in [3.63, 3.8) is 0 Å². The van der Waals surface area contributed by atoms with Crippen molar-refractivity contribution < 1.29 is 14.3 Å². The van der Waals surface area contributed by atoms with Gasteiger partial charge in [-0.05, 0) is 67.0 Å². The third-order valence-electron chi connectivity index (χ3n) is 3.45. The number of hydrogen-bond acceptors (Lipinski definition) is 4. The minimum Gasteiger partial charge on any atom is -0.462 e. The van der Waals surface area contributed by atoms with Crippen LogP contribution in [-0.2, 0) is 9.53 Å². The molecule has 0 aliphatic carbocycles. The molecule has 1 aromatic rings. The van der Waals surface area contributed by atoms with Gasteiger partial charge in [0.25, 0.3) is 0 Å². The molecular weight excluding hydrogens is 336 g/mol. The van der Waals surface area contributed by atoms with E-state index in [1.807, 2.05) is 0 Å². The van der Waals surface area contributed by atoms with E-state index in [1.54, 1.807) is 25.1 Å². The first-order chi connectivity index (χ1) is 10.1. The van der Waals surface area contributed by atoms with Gasteiger partial charge >= 0.3 is 5.97 Å². The highest BCUT2D eigenvalue weighted by Gasteiger charge is 2.21. The zero-order chi connectivity index (χ0) is 15.2. The third-order valence-corrected chi connectivity index (χ3v) is 4.10. The second-order valence-corrected chi connectivity index (χ2v) is 5.78. The van der Waals surface area contributed by atoms with Gasteiger partial charge in [0, 0.05) is 10.4 Å². The first-order valence-corrected chi connectivity index (χ1v) is 7.89. The van der Waals surface area contributed by atoms with E-state index in [4.69, 9.17) is 4.74 Å². The van der Waals surface area contributed by atoms with Crippen LogP contribution in [0.2, 0.25) is 0 Å². The molecule has 0 saturated carbocycles. The lowest BCUT2D eigenvalue weighted by Gasteiger charge is -2.22. The Labute approximate surface area is 132 Å². The molecule has 6 heteroatoms. The summed E-state index contributed by atoms with van der Waals surface area (Å²) in [5, 5.41) is 6.15. The highest BCUT2D eigenvalue weighted by molar-refractivity contribution is 9.10. The van der Waals surface area contributed by atoms with E-state index in [2.05, 4.69) is 26.6 Å². The molecule has 1 fully saturated rings. The maximum absolute atomic E-state index is 12.2. The average molecular weight is 355 g/mol. The standard InChI is InChI=1S/C15H19BrN2O3/c1-2-21-15(20)11-3-4-13(12(16)9-11)18-14(19)10-5-7-17-8-6-10/h3-4,9-10,17H,2,5-8H2,1H3,(H,18,19). The second-order valence-electron chi connectivity index (χ2n) is 4.93. The van der Waals surface area contributed by atoms with Crippen molar-refractivity contribution in [3.8, 4) is 0 Å². The van der Waals surface area contributed by atoms with Crippen molar-refractivity contribution in [2.45, 2.75) is 19.8 Å². The molecular formula is C15H19BrN2O3.